The lowest BCUT2D eigenvalue weighted by Crippen LogP contribution is -2.49. The predicted molar refractivity (Wildman–Crippen MR) is 123 cm³/mol. The fourth-order valence-electron chi connectivity index (χ4n) is 4.23. The van der Waals surface area contributed by atoms with Gasteiger partial charge in [0.05, 0.1) is 4.90 Å². The summed E-state index contributed by atoms with van der Waals surface area (Å²) >= 11 is 0. The maximum Gasteiger partial charge on any atom is 0.243 e. The number of piperidine rings is 1. The molecule has 0 bridgehead atoms. The highest BCUT2D eigenvalue weighted by atomic mass is 32.2. The Labute approximate surface area is 184 Å². The Kier molecular flexibility index (Phi) is 6.60. The molecule has 0 aromatic heterocycles. The minimum atomic E-state index is -3.71. The molecule has 2 fully saturated rings. The first kappa shape index (κ1) is 21.8. The molecule has 2 aromatic carbocycles. The first-order chi connectivity index (χ1) is 14.9. The van der Waals surface area contributed by atoms with Crippen LogP contribution in [0, 0.1) is 0 Å². The summed E-state index contributed by atoms with van der Waals surface area (Å²) in [6.07, 6.45) is 2.12. The molecule has 1 amide bonds. The van der Waals surface area contributed by atoms with Gasteiger partial charge in [0, 0.05) is 44.1 Å². The van der Waals surface area contributed by atoms with Crippen LogP contribution in [0.4, 0.5) is 11.4 Å². The van der Waals surface area contributed by atoms with Crippen molar-refractivity contribution in [2.45, 2.75) is 30.2 Å². The minimum Gasteiger partial charge on any atom is -0.369 e. The van der Waals surface area contributed by atoms with Crippen molar-refractivity contribution >= 4 is 27.3 Å². The SMILES string of the molecule is CN1CCN(c2ccc(NC(=O)C3CCCCN3S(=O)(=O)c3ccccc3)cc2)CC1. The van der Waals surface area contributed by atoms with Gasteiger partial charge < -0.3 is 15.1 Å². The predicted octanol–water partition coefficient (Wildman–Crippen LogP) is 2.62. The van der Waals surface area contributed by atoms with E-state index in [0.717, 1.165) is 44.7 Å². The number of benzene rings is 2. The van der Waals surface area contributed by atoms with Crippen molar-refractivity contribution in [1.29, 1.82) is 0 Å². The van der Waals surface area contributed by atoms with Crippen molar-refractivity contribution in [1.82, 2.24) is 9.21 Å². The largest absolute Gasteiger partial charge is 0.369 e. The van der Waals surface area contributed by atoms with Gasteiger partial charge in [0.25, 0.3) is 0 Å². The summed E-state index contributed by atoms with van der Waals surface area (Å²) in [5.74, 6) is -0.272. The number of piperazine rings is 1. The number of sulfonamides is 1. The third-order valence-corrected chi connectivity index (χ3v) is 8.03. The van der Waals surface area contributed by atoms with E-state index in [1.54, 1.807) is 30.3 Å². The van der Waals surface area contributed by atoms with Gasteiger partial charge in [-0.1, -0.05) is 24.6 Å². The average molecular weight is 443 g/mol. The zero-order chi connectivity index (χ0) is 21.8. The highest BCUT2D eigenvalue weighted by molar-refractivity contribution is 7.89. The van der Waals surface area contributed by atoms with Gasteiger partial charge in [-0.15, -0.1) is 0 Å². The number of carbonyl (C=O) groups excluding carboxylic acids is 1. The number of hydrogen-bond donors (Lipinski definition) is 1. The van der Waals surface area contributed by atoms with Crippen LogP contribution in [0.2, 0.25) is 0 Å². The molecule has 7 nitrogen and oxygen atoms in total. The zero-order valence-electron chi connectivity index (χ0n) is 17.9. The second-order valence-corrected chi connectivity index (χ2v) is 10.2. The lowest BCUT2D eigenvalue weighted by atomic mass is 10.0. The number of anilines is 2. The van der Waals surface area contributed by atoms with Gasteiger partial charge >= 0.3 is 0 Å². The first-order valence-electron chi connectivity index (χ1n) is 10.9. The van der Waals surface area contributed by atoms with Crippen molar-refractivity contribution in [2.24, 2.45) is 0 Å². The molecule has 4 rings (SSSR count). The average Bonchev–Trinajstić information content (AvgIpc) is 2.81. The molecule has 0 radical (unpaired) electrons. The number of nitrogens with one attached hydrogen (secondary N) is 1. The van der Waals surface area contributed by atoms with Gasteiger partial charge in [0.1, 0.15) is 6.04 Å². The summed E-state index contributed by atoms with van der Waals surface area (Å²) in [5.41, 5.74) is 1.82. The summed E-state index contributed by atoms with van der Waals surface area (Å²) in [5, 5.41) is 2.93. The molecular formula is C23H30N4O3S. The second kappa shape index (κ2) is 9.38. The Balaban J connectivity index is 1.45. The molecule has 0 spiro atoms. The highest BCUT2D eigenvalue weighted by Crippen LogP contribution is 2.27. The van der Waals surface area contributed by atoms with Crippen LogP contribution >= 0.6 is 0 Å². The van der Waals surface area contributed by atoms with Crippen LogP contribution in [-0.4, -0.2) is 69.3 Å². The molecule has 2 heterocycles. The van der Waals surface area contributed by atoms with Crippen LogP contribution in [0.5, 0.6) is 0 Å². The molecule has 1 unspecified atom stereocenters. The highest BCUT2D eigenvalue weighted by Gasteiger charge is 2.37. The number of carbonyl (C=O) groups is 1. The lowest BCUT2D eigenvalue weighted by molar-refractivity contribution is -0.120. The molecule has 2 aromatic rings. The Bertz CT molecular complexity index is 987. The Hall–Kier alpha value is -2.42. The fourth-order valence-corrected chi connectivity index (χ4v) is 5.91. The minimum absolute atomic E-state index is 0.228. The van der Waals surface area contributed by atoms with E-state index in [1.807, 2.05) is 24.3 Å². The van der Waals surface area contributed by atoms with Gasteiger partial charge in [-0.05, 0) is 56.3 Å². The topological polar surface area (TPSA) is 73.0 Å². The molecule has 2 aliphatic rings. The first-order valence-corrected chi connectivity index (χ1v) is 12.3. The van der Waals surface area contributed by atoms with Gasteiger partial charge in [-0.3, -0.25) is 4.79 Å². The molecule has 2 saturated heterocycles. The molecule has 0 aliphatic carbocycles. The molecule has 8 heteroatoms. The third kappa shape index (κ3) is 4.92. The Morgan fingerprint density at radius 1 is 0.903 bits per heavy atom. The number of hydrogen-bond acceptors (Lipinski definition) is 5. The van der Waals surface area contributed by atoms with Crippen molar-refractivity contribution in [3.8, 4) is 0 Å². The van der Waals surface area contributed by atoms with E-state index < -0.39 is 16.1 Å². The van der Waals surface area contributed by atoms with Gasteiger partial charge in [0.2, 0.25) is 15.9 Å². The maximum atomic E-state index is 13.1. The molecule has 31 heavy (non-hydrogen) atoms. The molecule has 1 N–H and O–H groups in total. The van der Waals surface area contributed by atoms with Crippen LogP contribution in [0.15, 0.2) is 59.5 Å². The molecule has 166 valence electrons. The van der Waals surface area contributed by atoms with Crippen LogP contribution in [-0.2, 0) is 14.8 Å². The van der Waals surface area contributed by atoms with Crippen LogP contribution < -0.4 is 10.2 Å². The fraction of sp³-hybridized carbons (Fsp3) is 0.435. The molecule has 1 atom stereocenters. The van der Waals surface area contributed by atoms with Crippen LogP contribution in [0.3, 0.4) is 0 Å². The summed E-state index contributed by atoms with van der Waals surface area (Å²) in [6, 6.07) is 15.5. The van der Waals surface area contributed by atoms with Crippen molar-refractivity contribution < 1.29 is 13.2 Å². The Morgan fingerprint density at radius 2 is 1.58 bits per heavy atom. The van der Waals surface area contributed by atoms with E-state index in [9.17, 15) is 13.2 Å². The van der Waals surface area contributed by atoms with E-state index >= 15 is 0 Å². The van der Waals surface area contributed by atoms with Crippen molar-refractivity contribution in [3.63, 3.8) is 0 Å². The lowest BCUT2D eigenvalue weighted by Gasteiger charge is -2.34. The summed E-state index contributed by atoms with van der Waals surface area (Å²) < 4.78 is 27.6. The monoisotopic (exact) mass is 442 g/mol. The van der Waals surface area contributed by atoms with Gasteiger partial charge in [-0.25, -0.2) is 8.42 Å². The standard InChI is InChI=1S/C23H30N4O3S/c1-25-15-17-26(18-16-25)20-12-10-19(11-13-20)24-23(28)22-9-5-6-14-27(22)31(29,30)21-7-3-2-4-8-21/h2-4,7-8,10-13,22H,5-6,9,14-18H2,1H3,(H,24,28). The van der Waals surface area contributed by atoms with Crippen molar-refractivity contribution in [3.05, 3.63) is 54.6 Å². The summed E-state index contributed by atoms with van der Waals surface area (Å²) in [4.78, 5) is 17.9. The van der Waals surface area contributed by atoms with Gasteiger partial charge in [0.15, 0.2) is 0 Å². The molecular weight excluding hydrogens is 412 g/mol. The number of amides is 1. The number of nitrogens with zero attached hydrogens (tertiary/aromatic N) is 3. The van der Waals surface area contributed by atoms with Crippen LogP contribution in [0.25, 0.3) is 0 Å². The number of likely N-dealkylation sites (N-methyl/N-ethyl adjacent to an activating group) is 1. The molecule has 0 saturated carbocycles. The molecule has 2 aliphatic heterocycles. The van der Waals surface area contributed by atoms with E-state index in [-0.39, 0.29) is 10.8 Å². The van der Waals surface area contributed by atoms with E-state index in [2.05, 4.69) is 22.2 Å². The van der Waals surface area contributed by atoms with E-state index in [0.29, 0.717) is 18.7 Å². The quantitative estimate of drug-likeness (QED) is 0.771. The van der Waals surface area contributed by atoms with Crippen molar-refractivity contribution in [2.75, 3.05) is 50.0 Å². The zero-order valence-corrected chi connectivity index (χ0v) is 18.7. The van der Waals surface area contributed by atoms with E-state index in [4.69, 9.17) is 0 Å². The smallest absolute Gasteiger partial charge is 0.243 e. The van der Waals surface area contributed by atoms with E-state index in [1.165, 1.54) is 4.31 Å². The third-order valence-electron chi connectivity index (χ3n) is 6.11. The summed E-state index contributed by atoms with van der Waals surface area (Å²) in [7, 11) is -1.58. The second-order valence-electron chi connectivity index (χ2n) is 8.27. The number of rotatable bonds is 5. The van der Waals surface area contributed by atoms with Crippen LogP contribution in [0.1, 0.15) is 19.3 Å². The summed E-state index contributed by atoms with van der Waals surface area (Å²) in [6.45, 7) is 4.39. The normalized spacial score (nSPS) is 21.1. The Morgan fingerprint density at radius 3 is 2.26 bits per heavy atom. The van der Waals surface area contributed by atoms with Gasteiger partial charge in [-0.2, -0.15) is 4.31 Å². The maximum absolute atomic E-state index is 13.1.